The summed E-state index contributed by atoms with van der Waals surface area (Å²) in [6.45, 7) is 7.39. The molecule has 0 atom stereocenters. The number of benzene rings is 1. The van der Waals surface area contributed by atoms with E-state index in [-0.39, 0.29) is 0 Å². The van der Waals surface area contributed by atoms with E-state index in [0.29, 0.717) is 5.88 Å². The van der Waals surface area contributed by atoms with Crippen LogP contribution in [0, 0.1) is 0 Å². The SMILES string of the molecule is CCCCCCCCN(C)c1ccc(N(CCC)CCCl)cc1N. The van der Waals surface area contributed by atoms with Crippen LogP contribution in [0.1, 0.15) is 58.8 Å². The zero-order valence-corrected chi connectivity index (χ0v) is 16.6. The Balaban J connectivity index is 2.56. The molecule has 0 unspecified atom stereocenters. The van der Waals surface area contributed by atoms with Crippen LogP contribution in [0.2, 0.25) is 0 Å². The van der Waals surface area contributed by atoms with Crippen LogP contribution < -0.4 is 15.5 Å². The van der Waals surface area contributed by atoms with Crippen LogP contribution in [-0.4, -0.2) is 32.6 Å². The Hall–Kier alpha value is -1.09. The molecule has 3 nitrogen and oxygen atoms in total. The van der Waals surface area contributed by atoms with Crippen molar-refractivity contribution in [3.05, 3.63) is 18.2 Å². The maximum atomic E-state index is 6.32. The number of alkyl halides is 1. The van der Waals surface area contributed by atoms with E-state index < -0.39 is 0 Å². The van der Waals surface area contributed by atoms with E-state index in [1.54, 1.807) is 0 Å². The van der Waals surface area contributed by atoms with Gasteiger partial charge in [-0.1, -0.05) is 46.0 Å². The van der Waals surface area contributed by atoms with Crippen molar-refractivity contribution in [3.8, 4) is 0 Å². The number of anilines is 3. The lowest BCUT2D eigenvalue weighted by molar-refractivity contribution is 0.606. The maximum absolute atomic E-state index is 6.32. The van der Waals surface area contributed by atoms with E-state index in [1.165, 1.54) is 44.2 Å². The molecule has 0 aromatic heterocycles. The molecule has 1 aromatic rings. The van der Waals surface area contributed by atoms with E-state index in [4.69, 9.17) is 17.3 Å². The lowest BCUT2D eigenvalue weighted by Crippen LogP contribution is -2.26. The third-order valence-corrected chi connectivity index (χ3v) is 4.65. The molecule has 24 heavy (non-hydrogen) atoms. The number of unbranched alkanes of at least 4 members (excludes halogenated alkanes) is 5. The molecule has 2 N–H and O–H groups in total. The molecule has 0 spiro atoms. The summed E-state index contributed by atoms with van der Waals surface area (Å²) in [5.41, 5.74) is 9.49. The summed E-state index contributed by atoms with van der Waals surface area (Å²) in [4.78, 5) is 4.59. The monoisotopic (exact) mass is 353 g/mol. The van der Waals surface area contributed by atoms with Crippen molar-refractivity contribution in [2.45, 2.75) is 58.8 Å². The van der Waals surface area contributed by atoms with Crippen LogP contribution in [0.5, 0.6) is 0 Å². The number of rotatable bonds is 13. The van der Waals surface area contributed by atoms with Gasteiger partial charge in [0, 0.05) is 38.2 Å². The summed E-state index contributed by atoms with van der Waals surface area (Å²) in [5, 5.41) is 0. The molecule has 4 heteroatoms. The molecule has 0 heterocycles. The summed E-state index contributed by atoms with van der Waals surface area (Å²) >= 11 is 5.92. The minimum absolute atomic E-state index is 0.638. The normalized spacial score (nSPS) is 10.8. The Kier molecular flexibility index (Phi) is 10.7. The first-order valence-corrected chi connectivity index (χ1v) is 10.1. The highest BCUT2D eigenvalue weighted by molar-refractivity contribution is 6.18. The highest BCUT2D eigenvalue weighted by Crippen LogP contribution is 2.28. The lowest BCUT2D eigenvalue weighted by atomic mass is 10.1. The van der Waals surface area contributed by atoms with Gasteiger partial charge in [-0.15, -0.1) is 11.6 Å². The molecule has 1 aromatic carbocycles. The number of hydrogen-bond acceptors (Lipinski definition) is 3. The van der Waals surface area contributed by atoms with Crippen molar-refractivity contribution >= 4 is 28.7 Å². The lowest BCUT2D eigenvalue weighted by Gasteiger charge is -2.26. The fourth-order valence-corrected chi connectivity index (χ4v) is 3.28. The van der Waals surface area contributed by atoms with Gasteiger partial charge in [0.15, 0.2) is 0 Å². The van der Waals surface area contributed by atoms with Crippen molar-refractivity contribution in [1.82, 2.24) is 0 Å². The quantitative estimate of drug-likeness (QED) is 0.288. The average molecular weight is 354 g/mol. The van der Waals surface area contributed by atoms with Crippen LogP contribution in [-0.2, 0) is 0 Å². The first-order valence-electron chi connectivity index (χ1n) is 9.55. The average Bonchev–Trinajstić information content (AvgIpc) is 2.57. The van der Waals surface area contributed by atoms with Gasteiger partial charge in [-0.25, -0.2) is 0 Å². The van der Waals surface area contributed by atoms with Crippen molar-refractivity contribution in [2.75, 3.05) is 48.1 Å². The van der Waals surface area contributed by atoms with Crippen LogP contribution in [0.3, 0.4) is 0 Å². The molecular formula is C20H36ClN3. The second kappa shape index (κ2) is 12.3. The number of nitrogens with two attached hydrogens (primary N) is 1. The van der Waals surface area contributed by atoms with Gasteiger partial charge in [0.2, 0.25) is 0 Å². The second-order valence-corrected chi connectivity index (χ2v) is 6.99. The van der Waals surface area contributed by atoms with E-state index in [0.717, 1.165) is 37.4 Å². The van der Waals surface area contributed by atoms with Crippen LogP contribution in [0.4, 0.5) is 17.1 Å². The third kappa shape index (κ3) is 7.21. The Bertz CT molecular complexity index is 445. The van der Waals surface area contributed by atoms with E-state index >= 15 is 0 Å². The zero-order valence-electron chi connectivity index (χ0n) is 15.9. The molecule has 1 rings (SSSR count). The molecular weight excluding hydrogens is 318 g/mol. The Morgan fingerprint density at radius 3 is 2.25 bits per heavy atom. The van der Waals surface area contributed by atoms with Crippen molar-refractivity contribution in [1.29, 1.82) is 0 Å². The number of halogens is 1. The summed E-state index contributed by atoms with van der Waals surface area (Å²) in [6, 6.07) is 6.42. The van der Waals surface area contributed by atoms with Gasteiger partial charge in [-0.05, 0) is 31.0 Å². The zero-order chi connectivity index (χ0) is 17.8. The maximum Gasteiger partial charge on any atom is 0.0598 e. The molecule has 0 aliphatic carbocycles. The van der Waals surface area contributed by atoms with E-state index in [2.05, 4.69) is 48.9 Å². The number of hydrogen-bond donors (Lipinski definition) is 1. The summed E-state index contributed by atoms with van der Waals surface area (Å²) < 4.78 is 0. The van der Waals surface area contributed by atoms with Gasteiger partial charge in [-0.3, -0.25) is 0 Å². The molecule has 0 saturated carbocycles. The van der Waals surface area contributed by atoms with Crippen molar-refractivity contribution < 1.29 is 0 Å². The second-order valence-electron chi connectivity index (χ2n) is 6.61. The summed E-state index contributed by atoms with van der Waals surface area (Å²) in [6.07, 6.45) is 9.03. The predicted octanol–water partition coefficient (Wildman–Crippen LogP) is 5.52. The van der Waals surface area contributed by atoms with Crippen LogP contribution in [0.15, 0.2) is 18.2 Å². The molecule has 0 saturated heterocycles. The van der Waals surface area contributed by atoms with Gasteiger partial charge in [0.25, 0.3) is 0 Å². The molecule has 0 aliphatic rings. The number of nitrogen functional groups attached to an aromatic ring is 1. The smallest absolute Gasteiger partial charge is 0.0598 e. The van der Waals surface area contributed by atoms with Crippen molar-refractivity contribution in [2.24, 2.45) is 0 Å². The molecule has 0 amide bonds. The highest BCUT2D eigenvalue weighted by atomic mass is 35.5. The first kappa shape index (κ1) is 21.0. The van der Waals surface area contributed by atoms with Gasteiger partial charge < -0.3 is 15.5 Å². The molecule has 0 aliphatic heterocycles. The Labute approximate surface area is 154 Å². The number of nitrogens with zero attached hydrogens (tertiary/aromatic N) is 2. The fourth-order valence-electron chi connectivity index (χ4n) is 3.08. The summed E-state index contributed by atoms with van der Waals surface area (Å²) in [5.74, 6) is 0.638. The van der Waals surface area contributed by atoms with Gasteiger partial charge in [0.05, 0.1) is 11.4 Å². The third-order valence-electron chi connectivity index (χ3n) is 4.48. The Morgan fingerprint density at radius 1 is 0.917 bits per heavy atom. The minimum atomic E-state index is 0.638. The van der Waals surface area contributed by atoms with Gasteiger partial charge >= 0.3 is 0 Å². The molecule has 0 radical (unpaired) electrons. The highest BCUT2D eigenvalue weighted by Gasteiger charge is 2.10. The van der Waals surface area contributed by atoms with E-state index in [1.807, 2.05) is 0 Å². The minimum Gasteiger partial charge on any atom is -0.397 e. The standard InChI is InChI=1S/C20H36ClN3/c1-4-6-7-8-9-10-15-23(3)20-12-11-18(17-19(20)22)24(14-5-2)16-13-21/h11-12,17H,4-10,13-16,22H2,1-3H3. The first-order chi connectivity index (χ1) is 11.6. The predicted molar refractivity (Wildman–Crippen MR) is 111 cm³/mol. The van der Waals surface area contributed by atoms with Crippen LogP contribution >= 0.6 is 11.6 Å². The van der Waals surface area contributed by atoms with Gasteiger partial charge in [-0.2, -0.15) is 0 Å². The Morgan fingerprint density at radius 2 is 1.62 bits per heavy atom. The van der Waals surface area contributed by atoms with E-state index in [9.17, 15) is 0 Å². The van der Waals surface area contributed by atoms with Crippen molar-refractivity contribution in [3.63, 3.8) is 0 Å². The topological polar surface area (TPSA) is 32.5 Å². The van der Waals surface area contributed by atoms with Gasteiger partial charge in [0.1, 0.15) is 0 Å². The fraction of sp³-hybridized carbons (Fsp3) is 0.700. The molecule has 138 valence electrons. The largest absolute Gasteiger partial charge is 0.397 e. The summed E-state index contributed by atoms with van der Waals surface area (Å²) in [7, 11) is 2.14. The molecule has 0 fully saturated rings. The van der Waals surface area contributed by atoms with Crippen LogP contribution in [0.25, 0.3) is 0 Å². The molecule has 0 bridgehead atoms.